The van der Waals surface area contributed by atoms with Gasteiger partial charge in [0, 0.05) is 13.0 Å². The van der Waals surface area contributed by atoms with Crippen molar-refractivity contribution in [3.05, 3.63) is 0 Å². The molecule has 0 aliphatic heterocycles. The molecule has 0 rings (SSSR count). The van der Waals surface area contributed by atoms with Crippen LogP contribution in [0.3, 0.4) is 0 Å². The predicted octanol–water partition coefficient (Wildman–Crippen LogP) is 5.14. The lowest BCUT2D eigenvalue weighted by Crippen LogP contribution is -2.31. The molecule has 0 bridgehead atoms. The third-order valence-electron chi connectivity index (χ3n) is 5.92. The summed E-state index contributed by atoms with van der Waals surface area (Å²) in [5.41, 5.74) is 0. The third kappa shape index (κ3) is 23.0. The lowest BCUT2D eigenvalue weighted by molar-refractivity contribution is -0.160. The molecule has 0 aromatic heterocycles. The van der Waals surface area contributed by atoms with Gasteiger partial charge < -0.3 is 29.2 Å². The van der Waals surface area contributed by atoms with Crippen LogP contribution in [0.5, 0.6) is 0 Å². The Balaban J connectivity index is 4.22. The molecule has 0 aliphatic rings. The molecule has 0 aliphatic carbocycles. The van der Waals surface area contributed by atoms with Crippen molar-refractivity contribution in [2.75, 3.05) is 46.2 Å². The van der Waals surface area contributed by atoms with E-state index in [0.717, 1.165) is 77.0 Å². The second-order valence-corrected chi connectivity index (χ2v) is 9.08. The quantitative estimate of drug-likeness (QED) is 0.117. The van der Waals surface area contributed by atoms with Gasteiger partial charge in [-0.25, -0.2) is 0 Å². The first-order valence-corrected chi connectivity index (χ1v) is 13.8. The predicted molar refractivity (Wildman–Crippen MR) is 137 cm³/mol. The van der Waals surface area contributed by atoms with Crippen molar-refractivity contribution < 1.29 is 38.7 Å². The van der Waals surface area contributed by atoms with E-state index in [1.807, 2.05) is 6.92 Å². The molecule has 0 amide bonds. The van der Waals surface area contributed by atoms with Gasteiger partial charge in [0.1, 0.15) is 6.10 Å². The minimum atomic E-state index is -0.723. The maximum atomic E-state index is 12.8. The Hall–Kier alpha value is -1.22. The maximum absolute atomic E-state index is 12.8. The number of rotatable bonds is 27. The van der Waals surface area contributed by atoms with Crippen molar-refractivity contribution >= 4 is 11.9 Å². The molecule has 0 fully saturated rings. The molecule has 0 aromatic carbocycles. The monoisotopic (exact) mass is 504 g/mol. The number of carboxylic acids is 1. The van der Waals surface area contributed by atoms with Gasteiger partial charge in [-0.05, 0) is 26.2 Å². The Kier molecular flexibility index (Phi) is 25.0. The number of aliphatic hydroxyl groups excluding tert-OH is 1. The number of carbonyl (C=O) groups is 2. The van der Waals surface area contributed by atoms with Crippen LogP contribution in [-0.4, -0.2) is 74.5 Å². The fourth-order valence-electron chi connectivity index (χ4n) is 3.83. The van der Waals surface area contributed by atoms with Crippen LogP contribution in [-0.2, 0) is 28.5 Å². The summed E-state index contributed by atoms with van der Waals surface area (Å²) in [5, 5.41) is 18.3. The number of unbranched alkanes of at least 4 members (excludes halogenated alkanes) is 9. The normalized spacial score (nSPS) is 13.0. The molecule has 208 valence electrons. The van der Waals surface area contributed by atoms with Crippen LogP contribution in [0.4, 0.5) is 0 Å². The highest BCUT2D eigenvalue weighted by molar-refractivity contribution is 5.72. The number of ether oxygens (including phenoxy) is 4. The van der Waals surface area contributed by atoms with E-state index in [9.17, 15) is 14.7 Å². The molecule has 0 saturated heterocycles. The van der Waals surface area contributed by atoms with Crippen molar-refractivity contribution in [3.8, 4) is 0 Å². The Morgan fingerprint density at radius 1 is 0.714 bits per heavy atom. The second kappa shape index (κ2) is 25.9. The van der Waals surface area contributed by atoms with Crippen molar-refractivity contribution in [1.29, 1.82) is 0 Å². The minimum absolute atomic E-state index is 0.140. The van der Waals surface area contributed by atoms with E-state index in [0.29, 0.717) is 33.0 Å². The molecule has 0 heterocycles. The number of aliphatic hydroxyl groups is 1. The average molecular weight is 505 g/mol. The Labute approximate surface area is 213 Å². The minimum Gasteiger partial charge on any atom is -0.481 e. The lowest BCUT2D eigenvalue weighted by Gasteiger charge is -2.21. The molecule has 35 heavy (non-hydrogen) atoms. The van der Waals surface area contributed by atoms with Crippen LogP contribution in [0.2, 0.25) is 0 Å². The zero-order valence-corrected chi connectivity index (χ0v) is 22.3. The van der Waals surface area contributed by atoms with E-state index < -0.39 is 12.1 Å². The molecule has 0 aromatic rings. The zero-order chi connectivity index (χ0) is 26.0. The van der Waals surface area contributed by atoms with E-state index in [-0.39, 0.29) is 31.5 Å². The second-order valence-electron chi connectivity index (χ2n) is 9.08. The Morgan fingerprint density at radius 3 is 1.83 bits per heavy atom. The standard InChI is InChI=1S/C27H52O8/c1-3-5-6-12-15-24(16-13-10-8-7-9-11-14-17-26(29)30)27(31)35-25(22-28)23-34-21-20-33-19-18-32-4-2/h24-25,28H,3-23H2,1-2H3,(H,29,30). The molecule has 8 nitrogen and oxygen atoms in total. The lowest BCUT2D eigenvalue weighted by atomic mass is 9.94. The fourth-order valence-corrected chi connectivity index (χ4v) is 3.83. The summed E-state index contributed by atoms with van der Waals surface area (Å²) in [6.45, 7) is 6.53. The van der Waals surface area contributed by atoms with Gasteiger partial charge in [-0.2, -0.15) is 0 Å². The van der Waals surface area contributed by atoms with Gasteiger partial charge in [-0.1, -0.05) is 71.1 Å². The van der Waals surface area contributed by atoms with Crippen LogP contribution in [0.25, 0.3) is 0 Å². The van der Waals surface area contributed by atoms with E-state index in [1.165, 1.54) is 6.42 Å². The largest absolute Gasteiger partial charge is 0.481 e. The smallest absolute Gasteiger partial charge is 0.309 e. The van der Waals surface area contributed by atoms with Gasteiger partial charge in [-0.3, -0.25) is 9.59 Å². The molecule has 0 radical (unpaired) electrons. The van der Waals surface area contributed by atoms with Gasteiger partial charge in [-0.15, -0.1) is 0 Å². The summed E-state index contributed by atoms with van der Waals surface area (Å²) in [7, 11) is 0. The van der Waals surface area contributed by atoms with Gasteiger partial charge >= 0.3 is 11.9 Å². The summed E-state index contributed by atoms with van der Waals surface area (Å²) < 4.78 is 21.7. The molecule has 0 saturated carbocycles. The van der Waals surface area contributed by atoms with E-state index in [4.69, 9.17) is 24.1 Å². The van der Waals surface area contributed by atoms with Crippen LogP contribution >= 0.6 is 0 Å². The Bertz CT molecular complexity index is 486. The number of hydrogen-bond donors (Lipinski definition) is 2. The van der Waals surface area contributed by atoms with Gasteiger partial charge in [0.25, 0.3) is 0 Å². The summed E-state index contributed by atoms with van der Waals surface area (Å²) in [6.07, 6.45) is 12.7. The van der Waals surface area contributed by atoms with E-state index in [1.54, 1.807) is 0 Å². The van der Waals surface area contributed by atoms with Gasteiger partial charge in [0.2, 0.25) is 0 Å². The van der Waals surface area contributed by atoms with Gasteiger partial charge in [0.05, 0.1) is 45.6 Å². The number of esters is 1. The SMILES string of the molecule is CCCCCCC(CCCCCCCCCC(=O)O)C(=O)OC(CO)COCCOCCOCC. The highest BCUT2D eigenvalue weighted by Gasteiger charge is 2.23. The summed E-state index contributed by atoms with van der Waals surface area (Å²) >= 11 is 0. The molecule has 0 spiro atoms. The highest BCUT2D eigenvalue weighted by atomic mass is 16.6. The summed E-state index contributed by atoms with van der Waals surface area (Å²) in [5.74, 6) is -1.09. The van der Waals surface area contributed by atoms with Crippen molar-refractivity contribution in [2.45, 2.75) is 110 Å². The van der Waals surface area contributed by atoms with Crippen molar-refractivity contribution in [3.63, 3.8) is 0 Å². The van der Waals surface area contributed by atoms with Crippen LogP contribution < -0.4 is 0 Å². The number of hydrogen-bond acceptors (Lipinski definition) is 7. The number of carbonyl (C=O) groups excluding carboxylic acids is 1. The Morgan fingerprint density at radius 2 is 1.26 bits per heavy atom. The van der Waals surface area contributed by atoms with E-state index in [2.05, 4.69) is 6.92 Å². The molecule has 2 N–H and O–H groups in total. The fraction of sp³-hybridized carbons (Fsp3) is 0.926. The van der Waals surface area contributed by atoms with Crippen molar-refractivity contribution in [1.82, 2.24) is 0 Å². The zero-order valence-electron chi connectivity index (χ0n) is 22.3. The van der Waals surface area contributed by atoms with Crippen LogP contribution in [0.15, 0.2) is 0 Å². The third-order valence-corrected chi connectivity index (χ3v) is 5.92. The first-order chi connectivity index (χ1) is 17.0. The molecule has 2 unspecified atom stereocenters. The van der Waals surface area contributed by atoms with Crippen LogP contribution in [0.1, 0.15) is 104 Å². The average Bonchev–Trinajstić information content (AvgIpc) is 2.84. The number of aliphatic carboxylic acids is 1. The summed E-state index contributed by atoms with van der Waals surface area (Å²) in [4.78, 5) is 23.4. The summed E-state index contributed by atoms with van der Waals surface area (Å²) in [6, 6.07) is 0. The highest BCUT2D eigenvalue weighted by Crippen LogP contribution is 2.21. The topological polar surface area (TPSA) is 112 Å². The van der Waals surface area contributed by atoms with Crippen LogP contribution in [0, 0.1) is 5.92 Å². The molecule has 2 atom stereocenters. The molecular formula is C27H52O8. The molecular weight excluding hydrogens is 452 g/mol. The first kappa shape index (κ1) is 33.8. The maximum Gasteiger partial charge on any atom is 0.309 e. The number of carboxylic acid groups (broad SMARTS) is 1. The first-order valence-electron chi connectivity index (χ1n) is 13.8. The van der Waals surface area contributed by atoms with E-state index >= 15 is 0 Å². The van der Waals surface area contributed by atoms with Gasteiger partial charge in [0.15, 0.2) is 0 Å². The molecule has 8 heteroatoms. The van der Waals surface area contributed by atoms with Crippen molar-refractivity contribution in [2.24, 2.45) is 5.92 Å².